The van der Waals surface area contributed by atoms with Crippen molar-refractivity contribution in [2.24, 2.45) is 5.92 Å². The summed E-state index contributed by atoms with van der Waals surface area (Å²) >= 11 is 0. The van der Waals surface area contributed by atoms with E-state index in [1.807, 2.05) is 19.9 Å². The first-order valence-electron chi connectivity index (χ1n) is 10.0. The van der Waals surface area contributed by atoms with E-state index in [0.29, 0.717) is 31.1 Å². The van der Waals surface area contributed by atoms with E-state index in [1.165, 1.54) is 10.4 Å². The van der Waals surface area contributed by atoms with Crippen LogP contribution in [0.3, 0.4) is 0 Å². The predicted molar refractivity (Wildman–Crippen MR) is 111 cm³/mol. The lowest BCUT2D eigenvalue weighted by atomic mass is 9.96. The maximum absolute atomic E-state index is 12.9. The highest BCUT2D eigenvalue weighted by atomic mass is 32.2. The van der Waals surface area contributed by atoms with Gasteiger partial charge in [-0.2, -0.15) is 4.31 Å². The number of rotatable bonds is 4. The molecule has 2 heterocycles. The van der Waals surface area contributed by atoms with Crippen LogP contribution in [0.1, 0.15) is 24.0 Å². The molecule has 2 aliphatic heterocycles. The van der Waals surface area contributed by atoms with Crippen LogP contribution < -0.4 is 0 Å². The maximum Gasteiger partial charge on any atom is 0.245 e. The number of benzene rings is 1. The summed E-state index contributed by atoms with van der Waals surface area (Å²) in [4.78, 5) is 28.5. The van der Waals surface area contributed by atoms with Gasteiger partial charge in [-0.15, -0.1) is 0 Å². The number of sulfonamides is 1. The second kappa shape index (κ2) is 8.67. The molecule has 2 aliphatic rings. The highest BCUT2D eigenvalue weighted by Crippen LogP contribution is 2.23. The molecule has 0 saturated carbocycles. The Morgan fingerprint density at radius 1 is 1.03 bits per heavy atom. The van der Waals surface area contributed by atoms with Crippen LogP contribution in [-0.2, 0) is 19.6 Å². The van der Waals surface area contributed by atoms with Gasteiger partial charge in [0, 0.05) is 39.3 Å². The quantitative estimate of drug-likeness (QED) is 0.694. The summed E-state index contributed by atoms with van der Waals surface area (Å²) in [6.45, 7) is 9.72. The summed E-state index contributed by atoms with van der Waals surface area (Å²) < 4.78 is 27.4. The molecule has 8 heteroatoms. The van der Waals surface area contributed by atoms with Crippen molar-refractivity contribution in [3.63, 3.8) is 0 Å². The third-order valence-corrected chi connectivity index (χ3v) is 7.82. The zero-order chi connectivity index (χ0) is 21.2. The fraction of sp³-hybridized carbons (Fsp3) is 0.524. The Kier molecular flexibility index (Phi) is 6.43. The molecule has 2 fully saturated rings. The number of hydrogen-bond donors (Lipinski definition) is 0. The molecule has 2 saturated heterocycles. The van der Waals surface area contributed by atoms with E-state index in [4.69, 9.17) is 0 Å². The van der Waals surface area contributed by atoms with Crippen LogP contribution >= 0.6 is 0 Å². The van der Waals surface area contributed by atoms with E-state index in [9.17, 15) is 18.0 Å². The van der Waals surface area contributed by atoms with Crippen LogP contribution in [0.2, 0.25) is 0 Å². The summed E-state index contributed by atoms with van der Waals surface area (Å²) in [5.41, 5.74) is 1.99. The molecule has 7 nitrogen and oxygen atoms in total. The molecular weight excluding hydrogens is 390 g/mol. The number of carbonyl (C=O) groups excluding carboxylic acids is 2. The highest BCUT2D eigenvalue weighted by molar-refractivity contribution is 7.89. The van der Waals surface area contributed by atoms with Crippen molar-refractivity contribution >= 4 is 21.8 Å². The number of aryl methyl sites for hydroxylation is 2. The van der Waals surface area contributed by atoms with E-state index in [0.717, 1.165) is 24.0 Å². The molecule has 1 atom stereocenters. The number of piperazine rings is 1. The van der Waals surface area contributed by atoms with Crippen LogP contribution in [0, 0.1) is 19.8 Å². The Morgan fingerprint density at radius 3 is 2.34 bits per heavy atom. The van der Waals surface area contributed by atoms with Gasteiger partial charge in [-0.1, -0.05) is 12.6 Å². The van der Waals surface area contributed by atoms with Crippen molar-refractivity contribution in [1.29, 1.82) is 0 Å². The lowest BCUT2D eigenvalue weighted by Crippen LogP contribution is -2.53. The largest absolute Gasteiger partial charge is 0.340 e. The molecule has 1 aromatic rings. The van der Waals surface area contributed by atoms with Crippen molar-refractivity contribution in [2.75, 3.05) is 39.3 Å². The summed E-state index contributed by atoms with van der Waals surface area (Å²) in [5, 5.41) is 0. The van der Waals surface area contributed by atoms with Crippen molar-refractivity contribution in [1.82, 2.24) is 14.1 Å². The predicted octanol–water partition coefficient (Wildman–Crippen LogP) is 1.56. The van der Waals surface area contributed by atoms with Crippen molar-refractivity contribution in [2.45, 2.75) is 31.6 Å². The third-order valence-electron chi connectivity index (χ3n) is 5.92. The zero-order valence-corrected chi connectivity index (χ0v) is 18.0. The van der Waals surface area contributed by atoms with Gasteiger partial charge >= 0.3 is 0 Å². The first-order chi connectivity index (χ1) is 13.7. The first-order valence-corrected chi connectivity index (χ1v) is 11.5. The second-order valence-corrected chi connectivity index (χ2v) is 9.74. The average molecular weight is 420 g/mol. The number of piperidine rings is 1. The Bertz CT molecular complexity index is 905. The molecule has 29 heavy (non-hydrogen) atoms. The molecule has 0 N–H and O–H groups in total. The molecule has 0 aliphatic carbocycles. The number of likely N-dealkylation sites (tertiary alicyclic amines) is 1. The van der Waals surface area contributed by atoms with Gasteiger partial charge in [0.15, 0.2) is 0 Å². The summed E-state index contributed by atoms with van der Waals surface area (Å²) in [6.07, 6.45) is 2.82. The Hall–Kier alpha value is -2.19. The number of nitrogens with zero attached hydrogens (tertiary/aromatic N) is 3. The van der Waals surface area contributed by atoms with Crippen LogP contribution in [-0.4, -0.2) is 73.6 Å². The molecule has 2 amide bonds. The van der Waals surface area contributed by atoms with Crippen LogP contribution in [0.15, 0.2) is 35.7 Å². The van der Waals surface area contributed by atoms with E-state index in [-0.39, 0.29) is 30.8 Å². The maximum atomic E-state index is 12.9. The fourth-order valence-corrected chi connectivity index (χ4v) is 5.45. The van der Waals surface area contributed by atoms with Gasteiger partial charge < -0.3 is 9.80 Å². The number of amides is 2. The summed E-state index contributed by atoms with van der Waals surface area (Å²) in [6, 6.07) is 5.17. The SMILES string of the molecule is C=CC(=O)N1CCCC(C(=O)N2CCN(S(=O)(=O)c3ccc(C)c(C)c3)CC2)C1. The van der Waals surface area contributed by atoms with Crippen molar-refractivity contribution in [3.05, 3.63) is 42.0 Å². The summed E-state index contributed by atoms with van der Waals surface area (Å²) in [7, 11) is -3.57. The average Bonchev–Trinajstić information content (AvgIpc) is 2.74. The number of carbonyl (C=O) groups is 2. The highest BCUT2D eigenvalue weighted by Gasteiger charge is 2.34. The van der Waals surface area contributed by atoms with Gasteiger partial charge in [0.25, 0.3) is 0 Å². The van der Waals surface area contributed by atoms with Gasteiger partial charge in [-0.25, -0.2) is 8.42 Å². The molecule has 0 aromatic heterocycles. The van der Waals surface area contributed by atoms with Gasteiger partial charge in [0.05, 0.1) is 10.8 Å². The van der Waals surface area contributed by atoms with Crippen LogP contribution in [0.5, 0.6) is 0 Å². The fourth-order valence-electron chi connectivity index (χ4n) is 3.94. The minimum absolute atomic E-state index is 0.00907. The van der Waals surface area contributed by atoms with Gasteiger partial charge in [0.1, 0.15) is 0 Å². The van der Waals surface area contributed by atoms with E-state index < -0.39 is 10.0 Å². The molecule has 0 radical (unpaired) electrons. The van der Waals surface area contributed by atoms with E-state index >= 15 is 0 Å². The second-order valence-electron chi connectivity index (χ2n) is 7.80. The molecule has 1 unspecified atom stereocenters. The molecule has 3 rings (SSSR count). The third kappa shape index (κ3) is 4.53. The van der Waals surface area contributed by atoms with Crippen molar-refractivity contribution < 1.29 is 18.0 Å². The van der Waals surface area contributed by atoms with Gasteiger partial charge in [-0.3, -0.25) is 9.59 Å². The first kappa shape index (κ1) is 21.5. The van der Waals surface area contributed by atoms with Gasteiger partial charge in [-0.05, 0) is 56.0 Å². The normalized spacial score (nSPS) is 21.1. The smallest absolute Gasteiger partial charge is 0.245 e. The Labute approximate surface area is 173 Å². The topological polar surface area (TPSA) is 78.0 Å². The minimum atomic E-state index is -3.57. The van der Waals surface area contributed by atoms with Crippen LogP contribution in [0.25, 0.3) is 0 Å². The lowest BCUT2D eigenvalue weighted by Gasteiger charge is -2.38. The molecule has 1 aromatic carbocycles. The minimum Gasteiger partial charge on any atom is -0.340 e. The monoisotopic (exact) mass is 419 g/mol. The molecular formula is C21H29N3O4S. The Morgan fingerprint density at radius 2 is 1.72 bits per heavy atom. The van der Waals surface area contributed by atoms with Crippen LogP contribution in [0.4, 0.5) is 0 Å². The molecule has 0 spiro atoms. The van der Waals surface area contributed by atoms with Gasteiger partial charge in [0.2, 0.25) is 21.8 Å². The van der Waals surface area contributed by atoms with E-state index in [2.05, 4.69) is 6.58 Å². The van der Waals surface area contributed by atoms with E-state index in [1.54, 1.807) is 21.9 Å². The lowest BCUT2D eigenvalue weighted by molar-refractivity contribution is -0.140. The summed E-state index contributed by atoms with van der Waals surface area (Å²) in [5.74, 6) is -0.364. The van der Waals surface area contributed by atoms with Crippen molar-refractivity contribution in [3.8, 4) is 0 Å². The zero-order valence-electron chi connectivity index (χ0n) is 17.1. The Balaban J connectivity index is 1.62. The molecule has 0 bridgehead atoms. The molecule has 158 valence electrons. The standard InChI is InChI=1S/C21H29N3O4S/c1-4-20(25)23-9-5-6-18(15-23)21(26)22-10-12-24(13-11-22)29(27,28)19-8-7-16(2)17(3)14-19/h4,7-8,14,18H,1,5-6,9-13,15H2,2-3H3. The number of hydrogen-bond acceptors (Lipinski definition) is 4.